The first kappa shape index (κ1) is 19.1. The Labute approximate surface area is 164 Å². The Balaban J connectivity index is 1.38. The molecular formula is C17H16F2N4O3S2. The molecule has 0 saturated carbocycles. The first-order valence-electron chi connectivity index (χ1n) is 8.47. The van der Waals surface area contributed by atoms with Crippen molar-refractivity contribution in [2.75, 3.05) is 26.2 Å². The maximum Gasteiger partial charge on any atom is 0.257 e. The van der Waals surface area contributed by atoms with E-state index < -0.39 is 21.7 Å². The number of piperazine rings is 1. The summed E-state index contributed by atoms with van der Waals surface area (Å²) >= 11 is 1.50. The van der Waals surface area contributed by atoms with Crippen LogP contribution in [0.25, 0.3) is 10.8 Å². The van der Waals surface area contributed by atoms with Gasteiger partial charge in [0.15, 0.2) is 11.6 Å². The highest BCUT2D eigenvalue weighted by molar-refractivity contribution is 7.89. The van der Waals surface area contributed by atoms with E-state index in [0.29, 0.717) is 37.5 Å². The van der Waals surface area contributed by atoms with Gasteiger partial charge in [-0.3, -0.25) is 4.90 Å². The zero-order valence-corrected chi connectivity index (χ0v) is 16.2. The minimum atomic E-state index is -3.87. The Morgan fingerprint density at radius 3 is 2.54 bits per heavy atom. The molecular weight excluding hydrogens is 410 g/mol. The molecule has 0 radical (unpaired) electrons. The predicted octanol–water partition coefficient (Wildman–Crippen LogP) is 2.58. The summed E-state index contributed by atoms with van der Waals surface area (Å²) in [7, 11) is -3.87. The van der Waals surface area contributed by atoms with E-state index >= 15 is 0 Å². The Kier molecular flexibility index (Phi) is 5.23. The highest BCUT2D eigenvalue weighted by atomic mass is 32.2. The van der Waals surface area contributed by atoms with Crippen molar-refractivity contribution in [1.29, 1.82) is 0 Å². The number of hydrogen-bond acceptors (Lipinski definition) is 7. The van der Waals surface area contributed by atoms with Crippen molar-refractivity contribution in [2.24, 2.45) is 0 Å². The van der Waals surface area contributed by atoms with Crippen LogP contribution in [0.4, 0.5) is 8.78 Å². The average Bonchev–Trinajstić information content (AvgIpc) is 3.36. The van der Waals surface area contributed by atoms with Crippen LogP contribution >= 0.6 is 11.3 Å². The summed E-state index contributed by atoms with van der Waals surface area (Å²) in [5.41, 5.74) is 0. The van der Waals surface area contributed by atoms with Crippen molar-refractivity contribution >= 4 is 21.4 Å². The number of nitrogens with zero attached hydrogens (tertiary/aromatic N) is 4. The zero-order chi connectivity index (χ0) is 19.7. The van der Waals surface area contributed by atoms with Gasteiger partial charge in [0.1, 0.15) is 0 Å². The van der Waals surface area contributed by atoms with Crippen molar-refractivity contribution in [3.63, 3.8) is 0 Å². The maximum atomic E-state index is 13.4. The molecule has 7 nitrogen and oxygen atoms in total. The van der Waals surface area contributed by atoms with Gasteiger partial charge in [-0.2, -0.15) is 4.31 Å². The molecule has 1 aliphatic heterocycles. The molecule has 1 saturated heterocycles. The number of rotatable bonds is 5. The third-order valence-corrected chi connectivity index (χ3v) is 7.17. The molecule has 0 atom stereocenters. The number of hydrogen-bond donors (Lipinski definition) is 0. The Hall–Kier alpha value is -2.21. The van der Waals surface area contributed by atoms with Crippen molar-refractivity contribution in [3.8, 4) is 10.8 Å². The molecule has 11 heteroatoms. The normalized spacial score (nSPS) is 16.5. The Morgan fingerprint density at radius 2 is 1.86 bits per heavy atom. The maximum absolute atomic E-state index is 13.4. The van der Waals surface area contributed by atoms with E-state index in [1.54, 1.807) is 0 Å². The lowest BCUT2D eigenvalue weighted by atomic mass is 10.3. The number of aromatic nitrogens is 2. The van der Waals surface area contributed by atoms with Crippen LogP contribution in [-0.4, -0.2) is 54.0 Å². The number of sulfonamides is 1. The van der Waals surface area contributed by atoms with Gasteiger partial charge in [-0.25, -0.2) is 17.2 Å². The Bertz CT molecular complexity index is 1060. The average molecular weight is 426 g/mol. The van der Waals surface area contributed by atoms with E-state index in [0.717, 1.165) is 17.0 Å². The molecule has 2 aromatic heterocycles. The quantitative estimate of drug-likeness (QED) is 0.624. The van der Waals surface area contributed by atoms with Gasteiger partial charge >= 0.3 is 0 Å². The molecule has 3 heterocycles. The molecule has 0 N–H and O–H groups in total. The molecule has 3 aromatic rings. The molecule has 148 valence electrons. The van der Waals surface area contributed by atoms with E-state index in [-0.39, 0.29) is 18.0 Å². The van der Waals surface area contributed by atoms with Gasteiger partial charge < -0.3 is 4.42 Å². The molecule has 0 amide bonds. The van der Waals surface area contributed by atoms with Gasteiger partial charge in [0.05, 0.1) is 16.3 Å². The summed E-state index contributed by atoms with van der Waals surface area (Å²) < 4.78 is 58.6. The fourth-order valence-corrected chi connectivity index (χ4v) is 5.00. The second-order valence-corrected chi connectivity index (χ2v) is 9.12. The summed E-state index contributed by atoms with van der Waals surface area (Å²) in [6.45, 7) is 1.79. The van der Waals surface area contributed by atoms with Crippen molar-refractivity contribution in [2.45, 2.75) is 11.4 Å². The second-order valence-electron chi connectivity index (χ2n) is 6.23. The highest BCUT2D eigenvalue weighted by Gasteiger charge is 2.29. The fourth-order valence-electron chi connectivity index (χ4n) is 2.92. The van der Waals surface area contributed by atoms with Gasteiger partial charge in [0.25, 0.3) is 5.89 Å². The summed E-state index contributed by atoms with van der Waals surface area (Å²) in [6, 6.07) is 6.39. The van der Waals surface area contributed by atoms with Crippen LogP contribution < -0.4 is 0 Å². The van der Waals surface area contributed by atoms with E-state index in [9.17, 15) is 17.2 Å². The number of thiophene rings is 1. The van der Waals surface area contributed by atoms with Gasteiger partial charge in [-0.15, -0.1) is 21.5 Å². The van der Waals surface area contributed by atoms with E-state index in [4.69, 9.17) is 4.42 Å². The van der Waals surface area contributed by atoms with Crippen LogP contribution in [0.1, 0.15) is 5.89 Å². The largest absolute Gasteiger partial charge is 0.419 e. The minimum absolute atomic E-state index is 0.229. The third-order valence-electron chi connectivity index (χ3n) is 4.42. The second kappa shape index (κ2) is 7.66. The number of benzene rings is 1. The minimum Gasteiger partial charge on any atom is -0.419 e. The summed E-state index contributed by atoms with van der Waals surface area (Å²) in [5.74, 6) is -1.34. The summed E-state index contributed by atoms with van der Waals surface area (Å²) in [4.78, 5) is 2.64. The monoisotopic (exact) mass is 426 g/mol. The van der Waals surface area contributed by atoms with E-state index in [1.807, 2.05) is 22.4 Å². The molecule has 0 aliphatic carbocycles. The molecule has 0 spiro atoms. The molecule has 1 aromatic carbocycles. The Morgan fingerprint density at radius 1 is 1.07 bits per heavy atom. The lowest BCUT2D eigenvalue weighted by Gasteiger charge is -2.33. The summed E-state index contributed by atoms with van der Waals surface area (Å²) in [6.07, 6.45) is 0. The zero-order valence-electron chi connectivity index (χ0n) is 14.6. The first-order valence-corrected chi connectivity index (χ1v) is 10.8. The lowest BCUT2D eigenvalue weighted by Crippen LogP contribution is -2.48. The fraction of sp³-hybridized carbons (Fsp3) is 0.294. The number of halogens is 2. The lowest BCUT2D eigenvalue weighted by molar-refractivity contribution is 0.168. The van der Waals surface area contributed by atoms with Gasteiger partial charge in [0, 0.05) is 26.2 Å². The molecule has 28 heavy (non-hydrogen) atoms. The van der Waals surface area contributed by atoms with Crippen LogP contribution in [0.3, 0.4) is 0 Å². The van der Waals surface area contributed by atoms with Crippen LogP contribution in [-0.2, 0) is 16.6 Å². The molecule has 0 bridgehead atoms. The van der Waals surface area contributed by atoms with Gasteiger partial charge in [0.2, 0.25) is 15.9 Å². The topological polar surface area (TPSA) is 79.5 Å². The molecule has 0 unspecified atom stereocenters. The third kappa shape index (κ3) is 3.83. The van der Waals surface area contributed by atoms with Crippen molar-refractivity contribution in [1.82, 2.24) is 19.4 Å². The molecule has 4 rings (SSSR count). The van der Waals surface area contributed by atoms with Crippen LogP contribution in [0.5, 0.6) is 0 Å². The molecule has 1 aliphatic rings. The van der Waals surface area contributed by atoms with Crippen molar-refractivity contribution < 1.29 is 21.6 Å². The van der Waals surface area contributed by atoms with Gasteiger partial charge in [-0.05, 0) is 29.6 Å². The van der Waals surface area contributed by atoms with E-state index in [1.165, 1.54) is 15.6 Å². The van der Waals surface area contributed by atoms with Crippen LogP contribution in [0, 0.1) is 11.6 Å². The molecule has 1 fully saturated rings. The van der Waals surface area contributed by atoms with E-state index in [2.05, 4.69) is 10.2 Å². The summed E-state index contributed by atoms with van der Waals surface area (Å²) in [5, 5.41) is 9.99. The SMILES string of the molecule is O=S(=O)(c1ccc(F)c(F)c1)N1CCN(Cc2nnc(-c3cccs3)o2)CC1. The highest BCUT2D eigenvalue weighted by Crippen LogP contribution is 2.24. The smallest absolute Gasteiger partial charge is 0.257 e. The van der Waals surface area contributed by atoms with Crippen molar-refractivity contribution in [3.05, 3.63) is 53.2 Å². The van der Waals surface area contributed by atoms with Gasteiger partial charge in [-0.1, -0.05) is 6.07 Å². The standard InChI is InChI=1S/C17H16F2N4O3S2/c18-13-4-3-12(10-14(13)19)28(24,25)23-7-5-22(6-8-23)11-16-20-21-17(26-16)15-2-1-9-27-15/h1-4,9-10H,5-8,11H2. The predicted molar refractivity (Wildman–Crippen MR) is 98.0 cm³/mol. The van der Waals surface area contributed by atoms with Crippen LogP contribution in [0.15, 0.2) is 45.0 Å². The first-order chi connectivity index (χ1) is 13.4. The van der Waals surface area contributed by atoms with Crippen LogP contribution in [0.2, 0.25) is 0 Å².